The van der Waals surface area contributed by atoms with E-state index in [1.807, 2.05) is 31.5 Å². The van der Waals surface area contributed by atoms with Crippen molar-refractivity contribution in [2.24, 2.45) is 5.73 Å². The molecule has 0 radical (unpaired) electrons. The molecule has 0 spiro atoms. The lowest BCUT2D eigenvalue weighted by Crippen LogP contribution is -2.18. The van der Waals surface area contributed by atoms with Gasteiger partial charge in [-0.05, 0) is 26.3 Å². The zero-order chi connectivity index (χ0) is 14.7. The van der Waals surface area contributed by atoms with E-state index in [4.69, 9.17) is 17.3 Å². The van der Waals surface area contributed by atoms with Crippen molar-refractivity contribution in [1.82, 2.24) is 19.7 Å². The zero-order valence-electron chi connectivity index (χ0n) is 12.1. The molecule has 2 aromatic heterocycles. The Morgan fingerprint density at radius 1 is 1.40 bits per heavy atom. The van der Waals surface area contributed by atoms with Crippen LogP contribution in [0, 0.1) is 6.92 Å². The first-order chi connectivity index (χ1) is 9.56. The summed E-state index contributed by atoms with van der Waals surface area (Å²) in [4.78, 5) is 8.46. The minimum Gasteiger partial charge on any atom is -0.322 e. The summed E-state index contributed by atoms with van der Waals surface area (Å²) < 4.78 is 1.93. The van der Waals surface area contributed by atoms with Gasteiger partial charge in [-0.1, -0.05) is 18.5 Å². The van der Waals surface area contributed by atoms with E-state index in [9.17, 15) is 0 Å². The molecule has 0 saturated heterocycles. The van der Waals surface area contributed by atoms with Gasteiger partial charge in [-0.3, -0.25) is 4.68 Å². The molecule has 5 nitrogen and oxygen atoms in total. The fourth-order valence-electron chi connectivity index (χ4n) is 2.21. The third-order valence-corrected chi connectivity index (χ3v) is 3.72. The van der Waals surface area contributed by atoms with E-state index < -0.39 is 0 Å². The third-order valence-electron chi connectivity index (χ3n) is 3.28. The second-order valence-electron chi connectivity index (χ2n) is 4.72. The van der Waals surface area contributed by atoms with Crippen molar-refractivity contribution in [2.45, 2.75) is 46.2 Å². The zero-order valence-corrected chi connectivity index (χ0v) is 12.9. The van der Waals surface area contributed by atoms with E-state index in [-0.39, 0.29) is 6.04 Å². The molecule has 20 heavy (non-hydrogen) atoms. The molecule has 1 unspecified atom stereocenters. The topological polar surface area (TPSA) is 69.6 Å². The molecule has 0 saturated carbocycles. The molecule has 6 heteroatoms. The van der Waals surface area contributed by atoms with Crippen LogP contribution in [0.4, 0.5) is 0 Å². The molecule has 0 fully saturated rings. The second kappa shape index (κ2) is 6.33. The lowest BCUT2D eigenvalue weighted by molar-refractivity contribution is 0.579. The fourth-order valence-corrected chi connectivity index (χ4v) is 2.55. The smallest absolute Gasteiger partial charge is 0.125 e. The molecule has 0 aliphatic rings. The third kappa shape index (κ3) is 2.99. The molecular formula is C14H20ClN5. The highest BCUT2D eigenvalue weighted by molar-refractivity contribution is 6.31. The molecule has 1 atom stereocenters. The first-order valence-electron chi connectivity index (χ1n) is 6.86. The van der Waals surface area contributed by atoms with Gasteiger partial charge >= 0.3 is 0 Å². The van der Waals surface area contributed by atoms with Crippen LogP contribution in [0.3, 0.4) is 0 Å². The highest BCUT2D eigenvalue weighted by atomic mass is 35.5. The number of aromatic nitrogens is 4. The SMILES string of the molecule is CCc1nn(CC)c(CC(N)c2ccnc(C)n2)c1Cl. The van der Waals surface area contributed by atoms with Gasteiger partial charge in [0.25, 0.3) is 0 Å². The Bertz CT molecular complexity index is 593. The summed E-state index contributed by atoms with van der Waals surface area (Å²) in [6.45, 7) is 6.73. The van der Waals surface area contributed by atoms with Gasteiger partial charge in [0.05, 0.1) is 28.1 Å². The van der Waals surface area contributed by atoms with E-state index in [1.54, 1.807) is 6.20 Å². The van der Waals surface area contributed by atoms with Crippen LogP contribution in [0.2, 0.25) is 5.02 Å². The van der Waals surface area contributed by atoms with Crippen LogP contribution in [0.5, 0.6) is 0 Å². The van der Waals surface area contributed by atoms with E-state index >= 15 is 0 Å². The van der Waals surface area contributed by atoms with E-state index in [2.05, 4.69) is 15.1 Å². The molecule has 0 amide bonds. The van der Waals surface area contributed by atoms with Crippen molar-refractivity contribution < 1.29 is 0 Å². The first kappa shape index (κ1) is 14.9. The molecule has 108 valence electrons. The van der Waals surface area contributed by atoms with Crippen molar-refractivity contribution in [2.75, 3.05) is 0 Å². The summed E-state index contributed by atoms with van der Waals surface area (Å²) in [5.74, 6) is 0.724. The highest BCUT2D eigenvalue weighted by Gasteiger charge is 2.18. The monoisotopic (exact) mass is 293 g/mol. The van der Waals surface area contributed by atoms with Crippen LogP contribution in [0.15, 0.2) is 12.3 Å². The summed E-state index contributed by atoms with van der Waals surface area (Å²) >= 11 is 6.40. The fraction of sp³-hybridized carbons (Fsp3) is 0.500. The highest BCUT2D eigenvalue weighted by Crippen LogP contribution is 2.25. The number of nitrogens with two attached hydrogens (primary N) is 1. The molecule has 2 heterocycles. The quantitative estimate of drug-likeness (QED) is 0.919. The summed E-state index contributed by atoms with van der Waals surface area (Å²) in [5, 5.41) is 5.24. The summed E-state index contributed by atoms with van der Waals surface area (Å²) in [6.07, 6.45) is 3.17. The second-order valence-corrected chi connectivity index (χ2v) is 5.09. The normalized spacial score (nSPS) is 12.7. The number of rotatable bonds is 5. The van der Waals surface area contributed by atoms with Crippen LogP contribution in [0.1, 0.15) is 42.8 Å². The number of hydrogen-bond acceptors (Lipinski definition) is 4. The van der Waals surface area contributed by atoms with Gasteiger partial charge in [-0.2, -0.15) is 5.10 Å². The standard InChI is InChI=1S/C14H20ClN5/c1-4-11-14(15)13(20(5-2)19-11)8-10(16)12-6-7-17-9(3)18-12/h6-7,10H,4-5,8,16H2,1-3H3. The maximum absolute atomic E-state index is 6.40. The molecule has 0 aromatic carbocycles. The van der Waals surface area contributed by atoms with Crippen molar-refractivity contribution in [1.29, 1.82) is 0 Å². The van der Waals surface area contributed by atoms with E-state index in [0.717, 1.165) is 40.9 Å². The van der Waals surface area contributed by atoms with Crippen LogP contribution >= 0.6 is 11.6 Å². The number of nitrogens with zero attached hydrogens (tertiary/aromatic N) is 4. The summed E-state index contributed by atoms with van der Waals surface area (Å²) in [7, 11) is 0. The van der Waals surface area contributed by atoms with Crippen molar-refractivity contribution in [3.8, 4) is 0 Å². The maximum atomic E-state index is 6.40. The van der Waals surface area contributed by atoms with Gasteiger partial charge in [0.2, 0.25) is 0 Å². The van der Waals surface area contributed by atoms with Gasteiger partial charge in [0, 0.05) is 19.2 Å². The Kier molecular flexibility index (Phi) is 4.73. The average molecular weight is 294 g/mol. The summed E-state index contributed by atoms with van der Waals surface area (Å²) in [6, 6.07) is 1.64. The number of aryl methyl sites for hydroxylation is 3. The average Bonchev–Trinajstić information content (AvgIpc) is 2.75. The predicted octanol–water partition coefficient (Wildman–Crippen LogP) is 2.46. The van der Waals surface area contributed by atoms with Crippen LogP contribution in [-0.2, 0) is 19.4 Å². The van der Waals surface area contributed by atoms with Gasteiger partial charge in [0.15, 0.2) is 0 Å². The Hall–Kier alpha value is -1.46. The molecule has 0 aliphatic heterocycles. The molecular weight excluding hydrogens is 274 g/mol. The van der Waals surface area contributed by atoms with Crippen molar-refractivity contribution >= 4 is 11.6 Å². The van der Waals surface area contributed by atoms with Crippen molar-refractivity contribution in [3.63, 3.8) is 0 Å². The van der Waals surface area contributed by atoms with E-state index in [1.165, 1.54) is 0 Å². The Labute approximate surface area is 124 Å². The predicted molar refractivity (Wildman–Crippen MR) is 79.7 cm³/mol. The van der Waals surface area contributed by atoms with Crippen LogP contribution < -0.4 is 5.73 Å². The van der Waals surface area contributed by atoms with Gasteiger partial charge in [-0.15, -0.1) is 0 Å². The molecule has 0 aliphatic carbocycles. The van der Waals surface area contributed by atoms with Gasteiger partial charge in [0.1, 0.15) is 5.82 Å². The minimum atomic E-state index is -0.207. The van der Waals surface area contributed by atoms with Gasteiger partial charge in [-0.25, -0.2) is 9.97 Å². The molecule has 2 rings (SSSR count). The largest absolute Gasteiger partial charge is 0.322 e. The number of halogens is 1. The maximum Gasteiger partial charge on any atom is 0.125 e. The van der Waals surface area contributed by atoms with Gasteiger partial charge < -0.3 is 5.73 Å². The minimum absolute atomic E-state index is 0.207. The Morgan fingerprint density at radius 2 is 2.15 bits per heavy atom. The molecule has 0 bridgehead atoms. The lowest BCUT2D eigenvalue weighted by atomic mass is 10.1. The number of hydrogen-bond donors (Lipinski definition) is 1. The Balaban J connectivity index is 2.27. The lowest BCUT2D eigenvalue weighted by Gasteiger charge is -2.12. The van der Waals surface area contributed by atoms with Crippen LogP contribution in [-0.4, -0.2) is 19.7 Å². The Morgan fingerprint density at radius 3 is 2.75 bits per heavy atom. The van der Waals surface area contributed by atoms with Crippen molar-refractivity contribution in [3.05, 3.63) is 40.2 Å². The molecule has 2 N–H and O–H groups in total. The summed E-state index contributed by atoms with van der Waals surface area (Å²) in [5.41, 5.74) is 8.99. The first-order valence-corrected chi connectivity index (χ1v) is 7.23. The molecule has 2 aromatic rings. The van der Waals surface area contributed by atoms with Crippen LogP contribution in [0.25, 0.3) is 0 Å². The van der Waals surface area contributed by atoms with E-state index in [0.29, 0.717) is 6.42 Å².